The van der Waals surface area contributed by atoms with Crippen molar-refractivity contribution in [1.82, 2.24) is 19.9 Å². The van der Waals surface area contributed by atoms with Gasteiger partial charge in [-0.25, -0.2) is 4.98 Å². The van der Waals surface area contributed by atoms with Crippen LogP contribution in [0.2, 0.25) is 0 Å². The number of ether oxygens (including phenoxy) is 2. The summed E-state index contributed by atoms with van der Waals surface area (Å²) in [6.45, 7) is 1.57. The minimum atomic E-state index is -4.75. The summed E-state index contributed by atoms with van der Waals surface area (Å²) in [5, 5.41) is 3.22. The molecule has 1 saturated carbocycles. The summed E-state index contributed by atoms with van der Waals surface area (Å²) >= 11 is 0. The smallest absolute Gasteiger partial charge is 0.493 e. The molecule has 222 valence electrons. The number of halogens is 3. The molecule has 4 heterocycles. The fraction of sp³-hybridized carbons (Fsp3) is 0.433. The van der Waals surface area contributed by atoms with Crippen molar-refractivity contribution in [1.29, 1.82) is 0 Å². The Hall–Kier alpha value is -3.64. The normalized spacial score (nSPS) is 21.8. The zero-order valence-corrected chi connectivity index (χ0v) is 23.6. The van der Waals surface area contributed by atoms with E-state index in [1.807, 2.05) is 35.6 Å². The highest BCUT2D eigenvalue weighted by atomic mass is 32.2. The molecular weight excluding hydrogens is 569 g/mol. The van der Waals surface area contributed by atoms with Crippen molar-refractivity contribution in [2.75, 3.05) is 19.7 Å². The highest BCUT2D eigenvalue weighted by molar-refractivity contribution is 7.72. The SMILES string of the molecule is O=S(=O)=C(C1CCC(c2nccc3cnc4[nH]ccc4c23)CC1)N1CCCC(COc2ccc(OC(F)(F)F)cc2)C1. The van der Waals surface area contributed by atoms with Gasteiger partial charge in [0, 0.05) is 65.6 Å². The molecule has 2 aliphatic rings. The zero-order valence-electron chi connectivity index (χ0n) is 22.8. The molecule has 1 aromatic carbocycles. The predicted molar refractivity (Wildman–Crippen MR) is 153 cm³/mol. The number of nitrogens with zero attached hydrogens (tertiary/aromatic N) is 3. The van der Waals surface area contributed by atoms with Crippen molar-refractivity contribution in [3.8, 4) is 11.5 Å². The molecule has 3 aromatic heterocycles. The Labute approximate surface area is 242 Å². The summed E-state index contributed by atoms with van der Waals surface area (Å²) in [7, 11) is -2.34. The van der Waals surface area contributed by atoms with Gasteiger partial charge in [0.1, 0.15) is 22.1 Å². The first kappa shape index (κ1) is 28.5. The molecule has 6 rings (SSSR count). The first-order valence-electron chi connectivity index (χ1n) is 14.2. The number of aromatic nitrogens is 3. The molecule has 1 unspecified atom stereocenters. The Bertz CT molecular complexity index is 1690. The minimum Gasteiger partial charge on any atom is -0.493 e. The van der Waals surface area contributed by atoms with E-state index in [1.165, 1.54) is 24.3 Å². The van der Waals surface area contributed by atoms with Gasteiger partial charge in [0.05, 0.1) is 12.3 Å². The summed E-state index contributed by atoms with van der Waals surface area (Å²) in [6, 6.07) is 9.31. The van der Waals surface area contributed by atoms with Crippen molar-refractivity contribution >= 4 is 37.1 Å². The number of nitrogens with one attached hydrogen (secondary N) is 1. The molecule has 4 aromatic rings. The van der Waals surface area contributed by atoms with Gasteiger partial charge in [-0.1, -0.05) is 0 Å². The van der Waals surface area contributed by atoms with Crippen LogP contribution in [0, 0.1) is 11.8 Å². The number of piperidine rings is 1. The van der Waals surface area contributed by atoms with Crippen LogP contribution in [0.4, 0.5) is 13.2 Å². The van der Waals surface area contributed by atoms with Crippen LogP contribution in [0.1, 0.15) is 50.1 Å². The molecule has 1 aliphatic heterocycles. The standard InChI is InChI=1S/C30H31F3N4O4S/c31-30(32,33)41-24-9-7-23(8-10-24)40-18-19-2-1-15-37(17-19)29(42(38)39)21-5-3-20(4-6-21)27-26-22(11-13-34-27)16-36-28-25(26)12-14-35-28/h7-14,16,19-21H,1-6,15,17-18H2,(H,35,36). The Balaban J connectivity index is 1.09. The van der Waals surface area contributed by atoms with Gasteiger partial charge in [-0.05, 0) is 74.9 Å². The maximum atomic E-state index is 12.5. The lowest BCUT2D eigenvalue weighted by Crippen LogP contribution is -2.45. The third kappa shape index (κ3) is 6.24. The highest BCUT2D eigenvalue weighted by Crippen LogP contribution is 2.40. The van der Waals surface area contributed by atoms with Gasteiger partial charge in [-0.3, -0.25) is 9.88 Å². The van der Waals surface area contributed by atoms with Crippen molar-refractivity contribution in [2.24, 2.45) is 11.8 Å². The van der Waals surface area contributed by atoms with Gasteiger partial charge < -0.3 is 14.5 Å². The van der Waals surface area contributed by atoms with E-state index in [9.17, 15) is 21.6 Å². The van der Waals surface area contributed by atoms with Gasteiger partial charge in [0.25, 0.3) is 0 Å². The number of rotatable bonds is 6. The van der Waals surface area contributed by atoms with E-state index >= 15 is 0 Å². The maximum absolute atomic E-state index is 12.5. The molecule has 8 nitrogen and oxygen atoms in total. The molecular formula is C30H31F3N4O4S. The van der Waals surface area contributed by atoms with E-state index in [-0.39, 0.29) is 23.5 Å². The van der Waals surface area contributed by atoms with E-state index in [0.29, 0.717) is 30.4 Å². The Morgan fingerprint density at radius 2 is 1.76 bits per heavy atom. The van der Waals surface area contributed by atoms with E-state index in [2.05, 4.69) is 14.7 Å². The van der Waals surface area contributed by atoms with Crippen molar-refractivity contribution in [2.45, 2.75) is 50.8 Å². The average Bonchev–Trinajstić information content (AvgIpc) is 3.46. The van der Waals surface area contributed by atoms with E-state index < -0.39 is 16.7 Å². The minimum absolute atomic E-state index is 0.0515. The average molecular weight is 601 g/mol. The van der Waals surface area contributed by atoms with Crippen LogP contribution in [0.15, 0.2) is 55.0 Å². The fourth-order valence-electron chi connectivity index (χ4n) is 6.47. The number of alkyl halides is 3. The lowest BCUT2D eigenvalue weighted by molar-refractivity contribution is -0.274. The third-order valence-corrected chi connectivity index (χ3v) is 9.28. The second-order valence-electron chi connectivity index (χ2n) is 11.1. The van der Waals surface area contributed by atoms with Crippen molar-refractivity contribution < 1.29 is 31.1 Å². The van der Waals surface area contributed by atoms with Gasteiger partial charge in [-0.2, -0.15) is 8.42 Å². The number of aromatic amines is 1. The third-order valence-electron chi connectivity index (χ3n) is 8.35. The lowest BCUT2D eigenvalue weighted by Gasteiger charge is -2.37. The maximum Gasteiger partial charge on any atom is 0.573 e. The highest BCUT2D eigenvalue weighted by Gasteiger charge is 2.34. The molecule has 0 bridgehead atoms. The predicted octanol–water partition coefficient (Wildman–Crippen LogP) is 6.08. The molecule has 1 N–H and O–H groups in total. The largest absolute Gasteiger partial charge is 0.573 e. The van der Waals surface area contributed by atoms with Gasteiger partial charge >= 0.3 is 6.36 Å². The first-order chi connectivity index (χ1) is 20.2. The summed E-state index contributed by atoms with van der Waals surface area (Å²) in [5.74, 6) is 0.409. The molecule has 2 fully saturated rings. The topological polar surface area (TPSA) is 97.4 Å². The number of hydrogen-bond acceptors (Lipinski definition) is 6. The van der Waals surface area contributed by atoms with E-state index in [0.717, 1.165) is 66.0 Å². The summed E-state index contributed by atoms with van der Waals surface area (Å²) in [6.07, 6.45) is 5.77. The number of H-pyrrole nitrogens is 1. The van der Waals surface area contributed by atoms with Gasteiger partial charge in [0.2, 0.25) is 10.3 Å². The number of hydrogen-bond donors (Lipinski definition) is 1. The van der Waals surface area contributed by atoms with Crippen LogP contribution in [0.25, 0.3) is 21.8 Å². The molecule has 42 heavy (non-hydrogen) atoms. The van der Waals surface area contributed by atoms with Gasteiger partial charge in [0.15, 0.2) is 0 Å². The van der Waals surface area contributed by atoms with Crippen LogP contribution >= 0.6 is 0 Å². The van der Waals surface area contributed by atoms with E-state index in [1.54, 1.807) is 0 Å². The quantitative estimate of drug-likeness (QED) is 0.268. The molecule has 12 heteroatoms. The van der Waals surface area contributed by atoms with Crippen LogP contribution in [0.5, 0.6) is 11.5 Å². The Morgan fingerprint density at radius 3 is 2.50 bits per heavy atom. The summed E-state index contributed by atoms with van der Waals surface area (Å²) < 4.78 is 72.0. The number of benzene rings is 1. The number of likely N-dealkylation sites (tertiary alicyclic amines) is 1. The Kier molecular flexibility index (Phi) is 8.09. The van der Waals surface area contributed by atoms with Crippen LogP contribution in [-0.2, 0) is 10.3 Å². The lowest BCUT2D eigenvalue weighted by atomic mass is 9.78. The van der Waals surface area contributed by atoms with Crippen molar-refractivity contribution in [3.63, 3.8) is 0 Å². The summed E-state index contributed by atoms with van der Waals surface area (Å²) in [5.41, 5.74) is 1.88. The summed E-state index contributed by atoms with van der Waals surface area (Å²) in [4.78, 5) is 14.9. The zero-order chi connectivity index (χ0) is 29.3. The molecule has 0 spiro atoms. The fourth-order valence-corrected chi connectivity index (χ4v) is 7.36. The van der Waals surface area contributed by atoms with Crippen LogP contribution in [0.3, 0.4) is 0 Å². The molecule has 1 saturated heterocycles. The van der Waals surface area contributed by atoms with Crippen LogP contribution in [-0.4, -0.2) is 59.3 Å². The number of fused-ring (bicyclic) bond motifs is 3. The molecule has 0 radical (unpaired) electrons. The monoisotopic (exact) mass is 600 g/mol. The Morgan fingerprint density at radius 1 is 1.00 bits per heavy atom. The molecule has 1 atom stereocenters. The van der Waals surface area contributed by atoms with E-state index in [4.69, 9.17) is 9.72 Å². The van der Waals surface area contributed by atoms with Crippen molar-refractivity contribution in [3.05, 3.63) is 60.7 Å². The second-order valence-corrected chi connectivity index (χ2v) is 12.0. The first-order valence-corrected chi connectivity index (χ1v) is 15.2. The molecule has 1 aliphatic carbocycles. The molecule has 0 amide bonds. The second kappa shape index (κ2) is 11.9. The van der Waals surface area contributed by atoms with Crippen LogP contribution < -0.4 is 9.47 Å². The number of pyridine rings is 2. The van der Waals surface area contributed by atoms with Gasteiger partial charge in [-0.15, -0.1) is 13.2 Å².